The van der Waals surface area contributed by atoms with Gasteiger partial charge in [0.05, 0.1) is 15.7 Å². The minimum Gasteiger partial charge on any atom is -0.359 e. The molecule has 1 saturated heterocycles. The van der Waals surface area contributed by atoms with Gasteiger partial charge in [-0.2, -0.15) is 0 Å². The quantitative estimate of drug-likeness (QED) is 0.667. The molecule has 2 heterocycles. The number of halogens is 2. The van der Waals surface area contributed by atoms with Crippen molar-refractivity contribution in [2.24, 2.45) is 0 Å². The van der Waals surface area contributed by atoms with Crippen LogP contribution in [0.25, 0.3) is 0 Å². The van der Waals surface area contributed by atoms with Gasteiger partial charge in [0, 0.05) is 31.0 Å². The summed E-state index contributed by atoms with van der Waals surface area (Å²) in [6.45, 7) is 6.59. The fourth-order valence-electron chi connectivity index (χ4n) is 2.58. The van der Waals surface area contributed by atoms with Crippen molar-refractivity contribution in [1.82, 2.24) is 9.88 Å². The summed E-state index contributed by atoms with van der Waals surface area (Å²) in [4.78, 5) is 31.6. The summed E-state index contributed by atoms with van der Waals surface area (Å²) in [6.07, 6.45) is 4.22. The van der Waals surface area contributed by atoms with Gasteiger partial charge in [-0.25, -0.2) is 9.59 Å². The lowest BCUT2D eigenvalue weighted by atomic mass is 10.1. The maximum absolute atomic E-state index is 12.7. The van der Waals surface area contributed by atoms with Crippen molar-refractivity contribution in [2.75, 3.05) is 18.0 Å². The topological polar surface area (TPSA) is 62.7 Å². The first-order chi connectivity index (χ1) is 11.2. The molecule has 1 aromatic heterocycles. The van der Waals surface area contributed by atoms with E-state index in [0.717, 1.165) is 19.3 Å². The number of anilines is 1. The molecule has 1 fully saturated rings. The number of carbonyl (C=O) groups is 2. The molecule has 0 atom stereocenters. The van der Waals surface area contributed by atoms with E-state index < -0.39 is 17.7 Å². The summed E-state index contributed by atoms with van der Waals surface area (Å²) in [5.74, 6) is 0. The van der Waals surface area contributed by atoms with Crippen LogP contribution >= 0.6 is 23.2 Å². The van der Waals surface area contributed by atoms with Crippen LogP contribution in [-0.2, 0) is 4.74 Å². The Morgan fingerprint density at radius 3 is 2.17 bits per heavy atom. The molecule has 0 unspecified atom stereocenters. The first kappa shape index (κ1) is 18.8. The number of carbonyl (C=O) groups excluding carboxylic acids is 2. The fraction of sp³-hybridized carbons (Fsp3) is 0.562. The molecule has 132 valence electrons. The minimum atomic E-state index is -0.812. The second kappa shape index (κ2) is 7.57. The average Bonchev–Trinajstić information content (AvgIpc) is 2.50. The number of rotatable bonds is 1. The fourth-order valence-corrected chi connectivity index (χ4v) is 3.11. The first-order valence-corrected chi connectivity index (χ1v) is 8.57. The Morgan fingerprint density at radius 2 is 1.67 bits per heavy atom. The summed E-state index contributed by atoms with van der Waals surface area (Å²) in [5, 5.41) is 0.416. The van der Waals surface area contributed by atoms with Gasteiger partial charge >= 0.3 is 12.2 Å². The Morgan fingerprint density at radius 1 is 1.12 bits per heavy atom. The maximum atomic E-state index is 12.7. The molecule has 1 aliphatic rings. The third-order valence-corrected chi connectivity index (χ3v) is 4.25. The molecule has 0 aromatic carbocycles. The first-order valence-electron chi connectivity index (χ1n) is 7.82. The van der Waals surface area contributed by atoms with Crippen LogP contribution in [0.4, 0.5) is 15.3 Å². The minimum absolute atomic E-state index is 0.208. The normalized spacial score (nSPS) is 15.1. The molecule has 1 aromatic rings. The predicted octanol–water partition coefficient (Wildman–Crippen LogP) is 4.74. The Hall–Kier alpha value is -1.53. The molecular formula is C16H21Cl2N3O3. The van der Waals surface area contributed by atoms with E-state index in [-0.39, 0.29) is 15.7 Å². The maximum Gasteiger partial charge on any atom is 0.423 e. The third kappa shape index (κ3) is 4.30. The Bertz CT molecular complexity index is 605. The van der Waals surface area contributed by atoms with Gasteiger partial charge in [0.2, 0.25) is 0 Å². The highest BCUT2D eigenvalue weighted by molar-refractivity contribution is 6.39. The van der Waals surface area contributed by atoms with Gasteiger partial charge in [0.1, 0.15) is 0 Å². The van der Waals surface area contributed by atoms with Crippen LogP contribution in [-0.4, -0.2) is 40.7 Å². The number of hydrogen-bond donors (Lipinski definition) is 0. The highest BCUT2D eigenvalue weighted by atomic mass is 35.5. The molecule has 2 rings (SSSR count). The summed E-state index contributed by atoms with van der Waals surface area (Å²) in [5.41, 5.74) is -0.425. The molecule has 0 saturated carbocycles. The van der Waals surface area contributed by atoms with Gasteiger partial charge in [0.25, 0.3) is 0 Å². The van der Waals surface area contributed by atoms with Crippen molar-refractivity contribution < 1.29 is 14.3 Å². The van der Waals surface area contributed by atoms with Gasteiger partial charge in [-0.15, -0.1) is 0 Å². The number of pyridine rings is 1. The van der Waals surface area contributed by atoms with E-state index in [2.05, 4.69) is 4.98 Å². The van der Waals surface area contributed by atoms with Crippen molar-refractivity contribution in [3.63, 3.8) is 0 Å². The summed E-state index contributed by atoms with van der Waals surface area (Å²) in [6, 6.07) is 0. The zero-order valence-electron chi connectivity index (χ0n) is 14.0. The van der Waals surface area contributed by atoms with Gasteiger partial charge in [-0.3, -0.25) is 9.88 Å². The van der Waals surface area contributed by atoms with Gasteiger partial charge in [-0.1, -0.05) is 23.2 Å². The molecule has 8 heteroatoms. The van der Waals surface area contributed by atoms with E-state index in [4.69, 9.17) is 27.9 Å². The number of ether oxygens (including phenoxy) is 1. The lowest BCUT2D eigenvalue weighted by Crippen LogP contribution is -2.49. The van der Waals surface area contributed by atoms with Crippen molar-refractivity contribution in [1.29, 1.82) is 0 Å². The lowest BCUT2D eigenvalue weighted by molar-refractivity contribution is 0.112. The monoisotopic (exact) mass is 373 g/mol. The van der Waals surface area contributed by atoms with E-state index in [1.54, 1.807) is 20.8 Å². The number of hydrogen-bond acceptors (Lipinski definition) is 4. The van der Waals surface area contributed by atoms with Gasteiger partial charge in [0.15, 0.2) is 0 Å². The van der Waals surface area contributed by atoms with Crippen LogP contribution in [0.2, 0.25) is 10.0 Å². The van der Waals surface area contributed by atoms with Crippen molar-refractivity contribution in [3.05, 3.63) is 22.4 Å². The van der Waals surface area contributed by atoms with E-state index in [0.29, 0.717) is 13.1 Å². The molecule has 24 heavy (non-hydrogen) atoms. The lowest BCUT2D eigenvalue weighted by Gasteiger charge is -2.36. The van der Waals surface area contributed by atoms with Crippen molar-refractivity contribution in [2.45, 2.75) is 45.6 Å². The average molecular weight is 374 g/mol. The molecule has 0 spiro atoms. The Kier molecular flexibility index (Phi) is 5.93. The molecule has 1 aliphatic heterocycles. The molecule has 2 amide bonds. The Balaban J connectivity index is 2.25. The number of aromatic nitrogens is 1. The van der Waals surface area contributed by atoms with E-state index in [1.165, 1.54) is 22.2 Å². The van der Waals surface area contributed by atoms with E-state index in [1.807, 2.05) is 0 Å². The second-order valence-electron chi connectivity index (χ2n) is 6.64. The highest BCUT2D eigenvalue weighted by Crippen LogP contribution is 2.37. The number of nitrogens with zero attached hydrogens (tertiary/aromatic N) is 3. The van der Waals surface area contributed by atoms with Crippen LogP contribution in [0, 0.1) is 0 Å². The van der Waals surface area contributed by atoms with Crippen molar-refractivity contribution in [3.8, 4) is 0 Å². The van der Waals surface area contributed by atoms with Crippen LogP contribution < -0.4 is 4.90 Å². The van der Waals surface area contributed by atoms with Crippen LogP contribution in [0.1, 0.15) is 40.0 Å². The molecule has 0 N–H and O–H groups in total. The molecule has 0 aliphatic carbocycles. The molecule has 0 radical (unpaired) electrons. The number of amides is 2. The zero-order valence-corrected chi connectivity index (χ0v) is 15.5. The second-order valence-corrected chi connectivity index (χ2v) is 7.45. The summed E-state index contributed by atoms with van der Waals surface area (Å²) < 4.78 is 5.08. The molecular weight excluding hydrogens is 353 g/mol. The predicted molar refractivity (Wildman–Crippen MR) is 93.8 cm³/mol. The standard InChI is InChI=1S/C16H21Cl2N3O3/c1-16(2,3)21(13-11(17)9-19-10-12(13)18)15(23)24-14(22)20-7-5-4-6-8-20/h9-10H,4-8H2,1-3H3. The van der Waals surface area contributed by atoms with Crippen LogP contribution in [0.15, 0.2) is 12.4 Å². The largest absolute Gasteiger partial charge is 0.423 e. The van der Waals surface area contributed by atoms with Crippen LogP contribution in [0.3, 0.4) is 0 Å². The summed E-state index contributed by atoms with van der Waals surface area (Å²) in [7, 11) is 0. The number of likely N-dealkylation sites (tertiary alicyclic amines) is 1. The number of piperidine rings is 1. The zero-order chi connectivity index (χ0) is 17.9. The SMILES string of the molecule is CC(C)(C)N(C(=O)OC(=O)N1CCCCC1)c1c(Cl)cncc1Cl. The molecule has 0 bridgehead atoms. The highest BCUT2D eigenvalue weighted by Gasteiger charge is 2.35. The van der Waals surface area contributed by atoms with Crippen LogP contribution in [0.5, 0.6) is 0 Å². The third-order valence-electron chi connectivity index (χ3n) is 3.69. The van der Waals surface area contributed by atoms with Gasteiger partial charge < -0.3 is 9.64 Å². The van der Waals surface area contributed by atoms with E-state index in [9.17, 15) is 9.59 Å². The summed E-state index contributed by atoms with van der Waals surface area (Å²) >= 11 is 12.3. The van der Waals surface area contributed by atoms with Crippen molar-refractivity contribution >= 4 is 41.1 Å². The smallest absolute Gasteiger partial charge is 0.359 e. The van der Waals surface area contributed by atoms with E-state index >= 15 is 0 Å². The molecule has 6 nitrogen and oxygen atoms in total. The van der Waals surface area contributed by atoms with Gasteiger partial charge in [-0.05, 0) is 40.0 Å². The Labute approximate surface area is 151 Å².